The van der Waals surface area contributed by atoms with Gasteiger partial charge in [0.15, 0.2) is 0 Å². The first-order valence-corrected chi connectivity index (χ1v) is 5.21. The highest BCUT2D eigenvalue weighted by molar-refractivity contribution is 5.47. The molecule has 0 N–H and O–H groups in total. The van der Waals surface area contributed by atoms with Crippen molar-refractivity contribution in [1.29, 1.82) is 0 Å². The molecule has 14 heavy (non-hydrogen) atoms. The van der Waals surface area contributed by atoms with Crippen molar-refractivity contribution in [2.45, 2.75) is 19.3 Å². The molecule has 1 fully saturated rings. The van der Waals surface area contributed by atoms with Crippen molar-refractivity contribution in [3.8, 4) is 0 Å². The van der Waals surface area contributed by atoms with Crippen LogP contribution >= 0.6 is 0 Å². The van der Waals surface area contributed by atoms with Gasteiger partial charge in [-0.05, 0) is 37.8 Å². The fourth-order valence-electron chi connectivity index (χ4n) is 2.09. The molecule has 0 atom stereocenters. The predicted octanol–water partition coefficient (Wildman–Crippen LogP) is 2.86. The smallest absolute Gasteiger partial charge is 0.133 e. The maximum absolute atomic E-state index is 12.4. The highest BCUT2D eigenvalue weighted by atomic mass is 16.5. The first-order valence-electron chi connectivity index (χ1n) is 5.21. The lowest BCUT2D eigenvalue weighted by Gasteiger charge is -2.44. The van der Waals surface area contributed by atoms with E-state index in [-0.39, 0.29) is 4.65 Å². The Bertz CT molecular complexity index is 316. The van der Waals surface area contributed by atoms with Crippen LogP contribution in [-0.4, -0.2) is 13.1 Å². The van der Waals surface area contributed by atoms with E-state index in [1.165, 1.54) is 6.42 Å². The summed E-state index contributed by atoms with van der Waals surface area (Å²) in [5, 5.41) is 12.4. The molecule has 1 aliphatic heterocycles. The predicted molar refractivity (Wildman–Crippen MR) is 59.6 cm³/mol. The van der Waals surface area contributed by atoms with Crippen LogP contribution in [0.3, 0.4) is 0 Å². The standard InChI is InChI=1S/C12H16NO/c1-11-6-5-7-12(10-11)13(14)8-3-2-4-9-13/h5-7,10H,1-4,8-9H2. The Labute approximate surface area is 85.3 Å². The highest BCUT2D eigenvalue weighted by Crippen LogP contribution is 2.27. The van der Waals surface area contributed by atoms with Gasteiger partial charge in [0.2, 0.25) is 0 Å². The number of hydrogen-bond acceptors (Lipinski definition) is 1. The normalized spacial score (nSPS) is 20.7. The third-order valence-electron chi connectivity index (χ3n) is 2.92. The molecule has 1 radical (unpaired) electrons. The number of nitrogens with zero attached hydrogens (tertiary/aromatic N) is 1. The van der Waals surface area contributed by atoms with Crippen LogP contribution in [0.25, 0.3) is 0 Å². The zero-order chi connectivity index (χ0) is 10.0. The van der Waals surface area contributed by atoms with Crippen molar-refractivity contribution in [2.24, 2.45) is 0 Å². The molecule has 2 rings (SSSR count). The van der Waals surface area contributed by atoms with E-state index in [0.29, 0.717) is 0 Å². The SMILES string of the molecule is [CH2]c1cccc([N+]2([O-])CCCCC2)c1. The van der Waals surface area contributed by atoms with Gasteiger partial charge in [-0.1, -0.05) is 12.1 Å². The van der Waals surface area contributed by atoms with Gasteiger partial charge in [0.25, 0.3) is 0 Å². The molecule has 1 heterocycles. The minimum Gasteiger partial charge on any atom is -0.627 e. The molecule has 1 aromatic carbocycles. The molecular formula is C12H16NO. The topological polar surface area (TPSA) is 23.1 Å². The lowest BCUT2D eigenvalue weighted by molar-refractivity contribution is 0.307. The number of hydrogen-bond donors (Lipinski definition) is 0. The molecule has 2 heteroatoms. The Kier molecular flexibility index (Phi) is 2.57. The van der Waals surface area contributed by atoms with E-state index in [1.54, 1.807) is 0 Å². The molecule has 1 aliphatic rings. The third kappa shape index (κ3) is 1.81. The van der Waals surface area contributed by atoms with Gasteiger partial charge in [0.1, 0.15) is 5.69 Å². The number of hydroxylamine groups is 2. The van der Waals surface area contributed by atoms with Gasteiger partial charge in [-0.25, -0.2) is 0 Å². The molecule has 0 bridgehead atoms. The minimum atomic E-state index is -0.149. The van der Waals surface area contributed by atoms with Gasteiger partial charge < -0.3 is 9.85 Å². The first-order chi connectivity index (χ1) is 6.71. The van der Waals surface area contributed by atoms with Crippen molar-refractivity contribution < 1.29 is 0 Å². The van der Waals surface area contributed by atoms with E-state index in [2.05, 4.69) is 6.92 Å². The molecule has 0 aliphatic carbocycles. The molecular weight excluding hydrogens is 174 g/mol. The summed E-state index contributed by atoms with van der Waals surface area (Å²) in [5.74, 6) is 0. The van der Waals surface area contributed by atoms with Gasteiger partial charge in [-0.2, -0.15) is 0 Å². The fraction of sp³-hybridized carbons (Fsp3) is 0.417. The molecule has 0 spiro atoms. The van der Waals surface area contributed by atoms with E-state index < -0.39 is 0 Å². The van der Waals surface area contributed by atoms with Crippen molar-refractivity contribution in [1.82, 2.24) is 4.65 Å². The summed E-state index contributed by atoms with van der Waals surface area (Å²) in [4.78, 5) is 0. The summed E-state index contributed by atoms with van der Waals surface area (Å²) in [5.41, 5.74) is 1.80. The van der Waals surface area contributed by atoms with Crippen LogP contribution in [0.4, 0.5) is 5.69 Å². The van der Waals surface area contributed by atoms with E-state index in [9.17, 15) is 5.21 Å². The number of piperidine rings is 1. The summed E-state index contributed by atoms with van der Waals surface area (Å²) < 4.78 is -0.149. The van der Waals surface area contributed by atoms with Crippen LogP contribution in [0.2, 0.25) is 0 Å². The Morgan fingerprint density at radius 2 is 1.86 bits per heavy atom. The second-order valence-corrected chi connectivity index (χ2v) is 4.07. The van der Waals surface area contributed by atoms with Gasteiger partial charge in [-0.3, -0.25) is 0 Å². The Hall–Kier alpha value is -0.860. The van der Waals surface area contributed by atoms with Gasteiger partial charge in [0.05, 0.1) is 13.1 Å². The zero-order valence-corrected chi connectivity index (χ0v) is 8.41. The maximum Gasteiger partial charge on any atom is 0.133 e. The van der Waals surface area contributed by atoms with Crippen LogP contribution in [0.1, 0.15) is 24.8 Å². The molecule has 0 unspecified atom stereocenters. The molecule has 75 valence electrons. The quantitative estimate of drug-likeness (QED) is 0.493. The van der Waals surface area contributed by atoms with Crippen molar-refractivity contribution >= 4 is 5.69 Å². The lowest BCUT2D eigenvalue weighted by Crippen LogP contribution is -2.47. The van der Waals surface area contributed by atoms with Crippen LogP contribution < -0.4 is 4.65 Å². The largest absolute Gasteiger partial charge is 0.627 e. The van der Waals surface area contributed by atoms with Gasteiger partial charge in [-0.15, -0.1) is 0 Å². The fourth-order valence-corrected chi connectivity index (χ4v) is 2.09. The second kappa shape index (κ2) is 3.71. The summed E-state index contributed by atoms with van der Waals surface area (Å²) in [6, 6.07) is 7.69. The van der Waals surface area contributed by atoms with Gasteiger partial charge in [0, 0.05) is 6.07 Å². The minimum absolute atomic E-state index is 0.149. The van der Waals surface area contributed by atoms with Crippen molar-refractivity contribution in [3.05, 3.63) is 42.0 Å². The second-order valence-electron chi connectivity index (χ2n) is 4.07. The average molecular weight is 190 g/mol. The van der Waals surface area contributed by atoms with Crippen LogP contribution in [-0.2, 0) is 0 Å². The average Bonchev–Trinajstić information content (AvgIpc) is 2.19. The Morgan fingerprint density at radius 3 is 2.50 bits per heavy atom. The van der Waals surface area contributed by atoms with E-state index in [1.807, 2.05) is 24.3 Å². The Morgan fingerprint density at radius 1 is 1.14 bits per heavy atom. The van der Waals surface area contributed by atoms with E-state index in [4.69, 9.17) is 0 Å². The molecule has 0 saturated carbocycles. The summed E-state index contributed by atoms with van der Waals surface area (Å²) >= 11 is 0. The lowest BCUT2D eigenvalue weighted by atomic mass is 10.1. The van der Waals surface area contributed by atoms with Gasteiger partial charge >= 0.3 is 0 Å². The van der Waals surface area contributed by atoms with Crippen LogP contribution in [0, 0.1) is 12.1 Å². The highest BCUT2D eigenvalue weighted by Gasteiger charge is 2.23. The monoisotopic (exact) mass is 190 g/mol. The molecule has 2 nitrogen and oxygen atoms in total. The molecule has 0 aromatic heterocycles. The zero-order valence-electron chi connectivity index (χ0n) is 8.41. The van der Waals surface area contributed by atoms with Crippen molar-refractivity contribution in [2.75, 3.05) is 13.1 Å². The van der Waals surface area contributed by atoms with E-state index in [0.717, 1.165) is 37.2 Å². The number of benzene rings is 1. The van der Waals surface area contributed by atoms with Crippen LogP contribution in [0.15, 0.2) is 24.3 Å². The van der Waals surface area contributed by atoms with Crippen molar-refractivity contribution in [3.63, 3.8) is 0 Å². The maximum atomic E-state index is 12.4. The summed E-state index contributed by atoms with van der Waals surface area (Å²) in [6.07, 6.45) is 3.29. The molecule has 1 aromatic rings. The summed E-state index contributed by atoms with van der Waals surface area (Å²) in [7, 11) is 0. The number of quaternary nitrogens is 1. The molecule has 1 saturated heterocycles. The van der Waals surface area contributed by atoms with E-state index >= 15 is 0 Å². The van der Waals surface area contributed by atoms with Crippen LogP contribution in [0.5, 0.6) is 0 Å². The Balaban J connectivity index is 2.28. The number of rotatable bonds is 1. The third-order valence-corrected chi connectivity index (χ3v) is 2.92. The molecule has 0 amide bonds. The first kappa shape index (κ1) is 9.69. The summed E-state index contributed by atoms with van der Waals surface area (Å²) in [6.45, 7) is 5.31.